The minimum absolute atomic E-state index is 0.673. The minimum atomic E-state index is 0.673. The van der Waals surface area contributed by atoms with Crippen LogP contribution in [-0.2, 0) is 6.54 Å². The normalized spacial score (nSPS) is 10.7. The number of benzene rings is 2. The van der Waals surface area contributed by atoms with Crippen LogP contribution in [-0.4, -0.2) is 17.3 Å². The number of ether oxygens (including phenoxy) is 1. The topological polar surface area (TPSA) is 76.0 Å². The van der Waals surface area contributed by atoms with E-state index in [0.29, 0.717) is 6.54 Å². The average Bonchev–Trinajstić information content (AvgIpc) is 2.87. The molecule has 1 heterocycles. The predicted octanol–water partition coefficient (Wildman–Crippen LogP) is 2.77. The predicted molar refractivity (Wildman–Crippen MR) is 80.8 cm³/mol. The quantitative estimate of drug-likeness (QED) is 0.636. The summed E-state index contributed by atoms with van der Waals surface area (Å²) in [5, 5.41) is 11.6. The highest BCUT2D eigenvalue weighted by Gasteiger charge is 2.05. The van der Waals surface area contributed by atoms with E-state index in [0.717, 1.165) is 33.7 Å². The van der Waals surface area contributed by atoms with E-state index in [-0.39, 0.29) is 0 Å². The van der Waals surface area contributed by atoms with Gasteiger partial charge in [0.1, 0.15) is 5.75 Å². The lowest BCUT2D eigenvalue weighted by molar-refractivity contribution is 0.414. The summed E-state index contributed by atoms with van der Waals surface area (Å²) in [4.78, 5) is 0. The van der Waals surface area contributed by atoms with Crippen molar-refractivity contribution in [1.29, 1.82) is 0 Å². The van der Waals surface area contributed by atoms with Gasteiger partial charge in [0.25, 0.3) is 0 Å². The molecule has 0 fully saturated rings. The van der Waals surface area contributed by atoms with Gasteiger partial charge in [-0.3, -0.25) is 5.10 Å². The van der Waals surface area contributed by atoms with Crippen LogP contribution in [0.2, 0.25) is 0 Å². The van der Waals surface area contributed by atoms with Gasteiger partial charge in [0, 0.05) is 17.6 Å². The number of fused-ring (bicyclic) bond motifs is 1. The van der Waals surface area contributed by atoms with Gasteiger partial charge in [-0.25, -0.2) is 0 Å². The third-order valence-electron chi connectivity index (χ3n) is 3.18. The third-order valence-corrected chi connectivity index (χ3v) is 3.18. The largest absolute Gasteiger partial charge is 0.497 e. The average molecular weight is 268 g/mol. The Morgan fingerprint density at radius 1 is 1.25 bits per heavy atom. The second-order valence-electron chi connectivity index (χ2n) is 4.58. The van der Waals surface area contributed by atoms with Crippen molar-refractivity contribution in [3.05, 3.63) is 48.0 Å². The highest BCUT2D eigenvalue weighted by atomic mass is 16.5. The van der Waals surface area contributed by atoms with Crippen molar-refractivity contribution >= 4 is 22.4 Å². The van der Waals surface area contributed by atoms with Gasteiger partial charge >= 0.3 is 0 Å². The second-order valence-corrected chi connectivity index (χ2v) is 4.58. The molecule has 4 N–H and O–H groups in total. The molecular weight excluding hydrogens is 252 g/mol. The van der Waals surface area contributed by atoms with Crippen LogP contribution in [0.3, 0.4) is 0 Å². The van der Waals surface area contributed by atoms with Crippen LogP contribution in [0.15, 0.2) is 42.5 Å². The summed E-state index contributed by atoms with van der Waals surface area (Å²) >= 11 is 0. The maximum absolute atomic E-state index is 5.81. The molecule has 0 spiro atoms. The highest BCUT2D eigenvalue weighted by molar-refractivity contribution is 5.91. The fourth-order valence-electron chi connectivity index (χ4n) is 2.13. The molecule has 0 radical (unpaired) electrons. The number of aromatic amines is 1. The summed E-state index contributed by atoms with van der Waals surface area (Å²) in [6.07, 6.45) is 0. The molecule has 1 aromatic heterocycles. The number of nitrogen functional groups attached to an aromatic ring is 1. The molecule has 0 amide bonds. The van der Waals surface area contributed by atoms with E-state index in [1.807, 2.05) is 42.5 Å². The van der Waals surface area contributed by atoms with Crippen molar-refractivity contribution < 1.29 is 4.74 Å². The Morgan fingerprint density at radius 3 is 3.00 bits per heavy atom. The Morgan fingerprint density at radius 2 is 2.15 bits per heavy atom. The standard InChI is InChI=1S/C15H16N4O/c1-20-12-4-2-3-10(7-12)9-17-15-13-8-11(16)5-6-14(13)18-19-15/h2-8H,9,16H2,1H3,(H2,17,18,19). The molecule has 0 bridgehead atoms. The van der Waals surface area contributed by atoms with Gasteiger partial charge in [-0.05, 0) is 35.9 Å². The minimum Gasteiger partial charge on any atom is -0.497 e. The summed E-state index contributed by atoms with van der Waals surface area (Å²) in [5.74, 6) is 1.65. The lowest BCUT2D eigenvalue weighted by Gasteiger charge is -2.06. The second kappa shape index (κ2) is 5.13. The summed E-state index contributed by atoms with van der Waals surface area (Å²) in [6.45, 7) is 0.673. The first kappa shape index (κ1) is 12.3. The maximum atomic E-state index is 5.81. The van der Waals surface area contributed by atoms with Gasteiger partial charge in [-0.15, -0.1) is 0 Å². The molecule has 0 unspecified atom stereocenters. The molecule has 3 aromatic rings. The molecule has 0 aliphatic carbocycles. The van der Waals surface area contributed by atoms with Crippen LogP contribution >= 0.6 is 0 Å². The molecule has 5 nitrogen and oxygen atoms in total. The zero-order valence-corrected chi connectivity index (χ0v) is 11.2. The van der Waals surface area contributed by atoms with Crippen LogP contribution in [0.1, 0.15) is 5.56 Å². The van der Waals surface area contributed by atoms with E-state index in [9.17, 15) is 0 Å². The lowest BCUT2D eigenvalue weighted by atomic mass is 10.2. The van der Waals surface area contributed by atoms with Gasteiger partial charge in [0.05, 0.1) is 12.6 Å². The Balaban J connectivity index is 1.81. The van der Waals surface area contributed by atoms with E-state index in [2.05, 4.69) is 15.5 Å². The van der Waals surface area contributed by atoms with Crippen molar-refractivity contribution in [3.63, 3.8) is 0 Å². The molecule has 2 aromatic carbocycles. The number of nitrogens with two attached hydrogens (primary N) is 1. The van der Waals surface area contributed by atoms with Crippen LogP contribution in [0.5, 0.6) is 5.75 Å². The first-order chi connectivity index (χ1) is 9.76. The van der Waals surface area contributed by atoms with Crippen LogP contribution in [0.4, 0.5) is 11.5 Å². The number of methoxy groups -OCH3 is 1. The van der Waals surface area contributed by atoms with E-state index in [1.165, 1.54) is 0 Å². The lowest BCUT2D eigenvalue weighted by Crippen LogP contribution is -2.00. The van der Waals surface area contributed by atoms with Crippen LogP contribution < -0.4 is 15.8 Å². The number of H-pyrrole nitrogens is 1. The number of hydrogen-bond donors (Lipinski definition) is 3. The molecule has 102 valence electrons. The first-order valence-electron chi connectivity index (χ1n) is 6.36. The Labute approximate surface area is 116 Å². The molecule has 0 aliphatic rings. The SMILES string of the molecule is COc1cccc(CNc2n[nH]c3ccc(N)cc23)c1. The third kappa shape index (κ3) is 2.38. The van der Waals surface area contributed by atoms with E-state index in [4.69, 9.17) is 10.5 Å². The van der Waals surface area contributed by atoms with Gasteiger partial charge in [0.2, 0.25) is 0 Å². The van der Waals surface area contributed by atoms with Crippen molar-refractivity contribution in [2.45, 2.75) is 6.54 Å². The van der Waals surface area contributed by atoms with Crippen molar-refractivity contribution in [2.24, 2.45) is 0 Å². The number of hydrogen-bond acceptors (Lipinski definition) is 4. The number of anilines is 2. The molecule has 0 saturated heterocycles. The van der Waals surface area contributed by atoms with Crippen LogP contribution in [0.25, 0.3) is 10.9 Å². The monoisotopic (exact) mass is 268 g/mol. The first-order valence-corrected chi connectivity index (χ1v) is 6.36. The Bertz CT molecular complexity index is 736. The molecule has 3 rings (SSSR count). The molecule has 0 aliphatic heterocycles. The zero-order valence-electron chi connectivity index (χ0n) is 11.2. The number of aromatic nitrogens is 2. The van der Waals surface area contributed by atoms with E-state index < -0.39 is 0 Å². The van der Waals surface area contributed by atoms with Crippen LogP contribution in [0, 0.1) is 0 Å². The number of nitrogens with zero attached hydrogens (tertiary/aromatic N) is 1. The molecule has 5 heteroatoms. The summed E-state index contributed by atoms with van der Waals surface area (Å²) in [6, 6.07) is 13.6. The summed E-state index contributed by atoms with van der Waals surface area (Å²) < 4.78 is 5.21. The fourth-order valence-corrected chi connectivity index (χ4v) is 2.13. The Kier molecular flexibility index (Phi) is 3.16. The van der Waals surface area contributed by atoms with E-state index >= 15 is 0 Å². The van der Waals surface area contributed by atoms with Gasteiger partial charge in [-0.2, -0.15) is 5.10 Å². The van der Waals surface area contributed by atoms with Gasteiger partial charge in [0.15, 0.2) is 5.82 Å². The van der Waals surface area contributed by atoms with Crippen molar-refractivity contribution in [3.8, 4) is 5.75 Å². The highest BCUT2D eigenvalue weighted by Crippen LogP contribution is 2.23. The fraction of sp³-hybridized carbons (Fsp3) is 0.133. The molecule has 0 atom stereocenters. The molecule has 0 saturated carbocycles. The summed E-state index contributed by atoms with van der Waals surface area (Å²) in [5.41, 5.74) is 8.63. The van der Waals surface area contributed by atoms with Gasteiger partial charge in [-0.1, -0.05) is 12.1 Å². The Hall–Kier alpha value is -2.69. The summed E-state index contributed by atoms with van der Waals surface area (Å²) in [7, 11) is 1.66. The smallest absolute Gasteiger partial charge is 0.156 e. The van der Waals surface area contributed by atoms with E-state index in [1.54, 1.807) is 7.11 Å². The molecule has 20 heavy (non-hydrogen) atoms. The zero-order chi connectivity index (χ0) is 13.9. The van der Waals surface area contributed by atoms with Crippen molar-refractivity contribution in [2.75, 3.05) is 18.2 Å². The van der Waals surface area contributed by atoms with Crippen molar-refractivity contribution in [1.82, 2.24) is 10.2 Å². The molecular formula is C15H16N4O. The number of rotatable bonds is 4. The van der Waals surface area contributed by atoms with Gasteiger partial charge < -0.3 is 15.8 Å². The number of nitrogens with one attached hydrogen (secondary N) is 2. The maximum Gasteiger partial charge on any atom is 0.156 e.